The third-order valence-corrected chi connectivity index (χ3v) is 6.44. The van der Waals surface area contributed by atoms with Gasteiger partial charge in [-0.3, -0.25) is 4.79 Å². The smallest absolute Gasteiger partial charge is 0.253 e. The third-order valence-electron chi connectivity index (χ3n) is 4.65. The maximum absolute atomic E-state index is 13.7. The highest BCUT2D eigenvalue weighted by atomic mass is 35.5. The van der Waals surface area contributed by atoms with Gasteiger partial charge in [-0.05, 0) is 61.7 Å². The minimum atomic E-state index is -3.64. The Hall–Kier alpha value is -1.96. The number of amides is 1. The summed E-state index contributed by atoms with van der Waals surface area (Å²) in [6, 6.07) is 10.1. The van der Waals surface area contributed by atoms with Crippen LogP contribution >= 0.6 is 11.6 Å². The number of nitrogens with zero attached hydrogens (tertiary/aromatic N) is 1. The Bertz CT molecular complexity index is 940. The predicted octanol–water partition coefficient (Wildman–Crippen LogP) is 3.37. The van der Waals surface area contributed by atoms with Crippen molar-refractivity contribution in [2.45, 2.75) is 30.7 Å². The fourth-order valence-corrected chi connectivity index (χ4v) is 4.44. The van der Waals surface area contributed by atoms with E-state index in [1.165, 1.54) is 30.3 Å². The lowest BCUT2D eigenvalue weighted by molar-refractivity contribution is 0.0711. The molecule has 144 valence electrons. The zero-order chi connectivity index (χ0) is 19.6. The average molecular weight is 411 g/mol. The van der Waals surface area contributed by atoms with Gasteiger partial charge in [0.2, 0.25) is 10.0 Å². The Morgan fingerprint density at radius 2 is 1.78 bits per heavy atom. The SMILES string of the molecule is Cc1ccc(C(=O)N2CCC(NS(=O)(=O)c3ccc(Cl)cc3)CC2)cc1F. The second-order valence-electron chi connectivity index (χ2n) is 6.61. The number of carbonyl (C=O) groups is 1. The van der Waals surface area contributed by atoms with Crippen LogP contribution in [0.1, 0.15) is 28.8 Å². The maximum Gasteiger partial charge on any atom is 0.253 e. The van der Waals surface area contributed by atoms with E-state index >= 15 is 0 Å². The average Bonchev–Trinajstić information content (AvgIpc) is 2.64. The Labute approximate surface area is 163 Å². The topological polar surface area (TPSA) is 66.5 Å². The highest BCUT2D eigenvalue weighted by Crippen LogP contribution is 2.19. The molecular formula is C19H20ClFN2O3S. The Kier molecular flexibility index (Phi) is 5.83. The van der Waals surface area contributed by atoms with Gasteiger partial charge in [0, 0.05) is 29.7 Å². The molecule has 0 aromatic heterocycles. The fourth-order valence-electron chi connectivity index (χ4n) is 3.01. The highest BCUT2D eigenvalue weighted by Gasteiger charge is 2.27. The third kappa shape index (κ3) is 4.66. The number of hydrogen-bond donors (Lipinski definition) is 1. The number of halogens is 2. The van der Waals surface area contributed by atoms with Crippen LogP contribution in [-0.2, 0) is 10.0 Å². The normalized spacial score (nSPS) is 15.7. The lowest BCUT2D eigenvalue weighted by atomic mass is 10.0. The van der Waals surface area contributed by atoms with Crippen molar-refractivity contribution in [2.24, 2.45) is 0 Å². The number of hydrogen-bond acceptors (Lipinski definition) is 3. The van der Waals surface area contributed by atoms with Crippen molar-refractivity contribution in [3.8, 4) is 0 Å². The number of aryl methyl sites for hydroxylation is 1. The molecular weight excluding hydrogens is 391 g/mol. The van der Waals surface area contributed by atoms with Crippen LogP contribution in [-0.4, -0.2) is 38.4 Å². The molecule has 1 fully saturated rings. The van der Waals surface area contributed by atoms with Gasteiger partial charge in [-0.15, -0.1) is 0 Å². The van der Waals surface area contributed by atoms with E-state index in [2.05, 4.69) is 4.72 Å². The van der Waals surface area contributed by atoms with E-state index in [1.807, 2.05) is 0 Å². The van der Waals surface area contributed by atoms with Crippen molar-refractivity contribution in [1.29, 1.82) is 0 Å². The van der Waals surface area contributed by atoms with Crippen LogP contribution in [0.5, 0.6) is 0 Å². The molecule has 1 amide bonds. The van der Waals surface area contributed by atoms with E-state index in [9.17, 15) is 17.6 Å². The molecule has 8 heteroatoms. The standard InChI is InChI=1S/C19H20ClFN2O3S/c1-13-2-3-14(12-18(13)21)19(24)23-10-8-16(9-11-23)22-27(25,26)17-6-4-15(20)5-7-17/h2-7,12,16,22H,8-11H2,1H3. The first kappa shape index (κ1) is 19.8. The summed E-state index contributed by atoms with van der Waals surface area (Å²) < 4.78 is 41.2. The number of rotatable bonds is 4. The molecule has 5 nitrogen and oxygen atoms in total. The number of benzene rings is 2. The molecule has 0 radical (unpaired) electrons. The Morgan fingerprint density at radius 1 is 1.15 bits per heavy atom. The molecule has 0 aliphatic carbocycles. The summed E-state index contributed by atoms with van der Waals surface area (Å²) in [4.78, 5) is 14.3. The quantitative estimate of drug-likeness (QED) is 0.840. The molecule has 1 aliphatic heterocycles. The largest absolute Gasteiger partial charge is 0.339 e. The van der Waals surface area contributed by atoms with E-state index in [4.69, 9.17) is 11.6 Å². The first-order valence-electron chi connectivity index (χ1n) is 8.59. The van der Waals surface area contributed by atoms with E-state index in [0.29, 0.717) is 42.1 Å². The lowest BCUT2D eigenvalue weighted by Gasteiger charge is -2.32. The number of carbonyl (C=O) groups excluding carboxylic acids is 1. The van der Waals surface area contributed by atoms with Crippen molar-refractivity contribution in [3.05, 3.63) is 64.4 Å². The van der Waals surface area contributed by atoms with Crippen LogP contribution in [0.15, 0.2) is 47.4 Å². The summed E-state index contributed by atoms with van der Waals surface area (Å²) in [5, 5.41) is 0.466. The molecule has 2 aromatic rings. The molecule has 1 saturated heterocycles. The first-order chi connectivity index (χ1) is 12.8. The van der Waals surface area contributed by atoms with Crippen LogP contribution in [0.4, 0.5) is 4.39 Å². The summed E-state index contributed by atoms with van der Waals surface area (Å²) in [7, 11) is -3.64. The van der Waals surface area contributed by atoms with Crippen molar-refractivity contribution < 1.29 is 17.6 Å². The fraction of sp³-hybridized carbons (Fsp3) is 0.316. The molecule has 0 unspecified atom stereocenters. The van der Waals surface area contributed by atoms with Crippen LogP contribution < -0.4 is 4.72 Å². The monoisotopic (exact) mass is 410 g/mol. The minimum absolute atomic E-state index is 0.153. The zero-order valence-corrected chi connectivity index (χ0v) is 16.4. The minimum Gasteiger partial charge on any atom is -0.339 e. The second kappa shape index (κ2) is 7.96. The van der Waals surface area contributed by atoms with Crippen molar-refractivity contribution >= 4 is 27.5 Å². The van der Waals surface area contributed by atoms with Crippen molar-refractivity contribution in [1.82, 2.24) is 9.62 Å². The van der Waals surface area contributed by atoms with E-state index < -0.39 is 15.8 Å². The van der Waals surface area contributed by atoms with Crippen LogP contribution in [0.2, 0.25) is 5.02 Å². The Balaban J connectivity index is 1.60. The van der Waals surface area contributed by atoms with Gasteiger partial charge >= 0.3 is 0 Å². The van der Waals surface area contributed by atoms with Gasteiger partial charge in [0.25, 0.3) is 5.91 Å². The highest BCUT2D eigenvalue weighted by molar-refractivity contribution is 7.89. The van der Waals surface area contributed by atoms with E-state index in [1.54, 1.807) is 24.0 Å². The van der Waals surface area contributed by atoms with Gasteiger partial charge in [-0.2, -0.15) is 0 Å². The van der Waals surface area contributed by atoms with Gasteiger partial charge in [0.05, 0.1) is 4.90 Å². The van der Waals surface area contributed by atoms with Gasteiger partial charge in [0.1, 0.15) is 5.82 Å². The van der Waals surface area contributed by atoms with Crippen LogP contribution in [0, 0.1) is 12.7 Å². The van der Waals surface area contributed by atoms with Gasteiger partial charge in [0.15, 0.2) is 0 Å². The molecule has 0 bridgehead atoms. The Morgan fingerprint density at radius 3 is 2.37 bits per heavy atom. The van der Waals surface area contributed by atoms with E-state index in [0.717, 1.165) is 0 Å². The summed E-state index contributed by atoms with van der Waals surface area (Å²) in [6.45, 7) is 2.45. The van der Waals surface area contributed by atoms with Crippen molar-refractivity contribution in [3.63, 3.8) is 0 Å². The molecule has 0 saturated carbocycles. The predicted molar refractivity (Wildman–Crippen MR) is 102 cm³/mol. The molecule has 1 N–H and O–H groups in total. The summed E-state index contributed by atoms with van der Waals surface area (Å²) in [6.07, 6.45) is 0.986. The molecule has 0 spiro atoms. The molecule has 3 rings (SSSR count). The van der Waals surface area contributed by atoms with E-state index in [-0.39, 0.29) is 16.8 Å². The second-order valence-corrected chi connectivity index (χ2v) is 8.76. The lowest BCUT2D eigenvalue weighted by Crippen LogP contribution is -2.46. The number of piperidine rings is 1. The van der Waals surface area contributed by atoms with Crippen LogP contribution in [0.3, 0.4) is 0 Å². The number of sulfonamides is 1. The molecule has 2 aromatic carbocycles. The summed E-state index contributed by atoms with van der Waals surface area (Å²) in [5.41, 5.74) is 0.792. The first-order valence-corrected chi connectivity index (χ1v) is 10.5. The van der Waals surface area contributed by atoms with Gasteiger partial charge < -0.3 is 4.90 Å². The number of likely N-dealkylation sites (tertiary alicyclic amines) is 1. The van der Waals surface area contributed by atoms with Gasteiger partial charge in [-0.25, -0.2) is 17.5 Å². The number of nitrogens with one attached hydrogen (secondary N) is 1. The summed E-state index contributed by atoms with van der Waals surface area (Å²) >= 11 is 5.79. The van der Waals surface area contributed by atoms with Gasteiger partial charge in [-0.1, -0.05) is 17.7 Å². The summed E-state index contributed by atoms with van der Waals surface area (Å²) in [5.74, 6) is -0.653. The molecule has 1 aliphatic rings. The van der Waals surface area contributed by atoms with Crippen molar-refractivity contribution in [2.75, 3.05) is 13.1 Å². The van der Waals surface area contributed by atoms with Crippen LogP contribution in [0.25, 0.3) is 0 Å². The molecule has 27 heavy (non-hydrogen) atoms. The molecule has 0 atom stereocenters. The molecule has 1 heterocycles. The maximum atomic E-state index is 13.7. The zero-order valence-electron chi connectivity index (χ0n) is 14.8.